The van der Waals surface area contributed by atoms with Crippen LogP contribution in [0.15, 0.2) is 54.0 Å². The second-order valence-electron chi connectivity index (χ2n) is 7.42. The zero-order valence-electron chi connectivity index (χ0n) is 17.8. The Morgan fingerprint density at radius 1 is 1.16 bits per heavy atom. The van der Waals surface area contributed by atoms with Gasteiger partial charge in [0.05, 0.1) is 26.3 Å². The molecule has 0 spiro atoms. The van der Waals surface area contributed by atoms with E-state index >= 15 is 0 Å². The van der Waals surface area contributed by atoms with E-state index in [0.29, 0.717) is 11.5 Å². The molecule has 0 fully saturated rings. The number of fused-ring (bicyclic) bond motifs is 1. The Bertz CT molecular complexity index is 1200. The summed E-state index contributed by atoms with van der Waals surface area (Å²) in [6, 6.07) is 13.9. The highest BCUT2D eigenvalue weighted by Gasteiger charge is 2.14. The monoisotopic (exact) mass is 435 g/mol. The van der Waals surface area contributed by atoms with Crippen LogP contribution in [0.4, 0.5) is 0 Å². The van der Waals surface area contributed by atoms with Crippen LogP contribution in [0.25, 0.3) is 21.5 Å². The quantitative estimate of drug-likeness (QED) is 0.424. The van der Waals surface area contributed by atoms with Crippen molar-refractivity contribution in [3.8, 4) is 22.1 Å². The van der Waals surface area contributed by atoms with Crippen LogP contribution < -0.4 is 14.8 Å². The molecule has 7 heteroatoms. The first-order valence-corrected chi connectivity index (χ1v) is 11.0. The van der Waals surface area contributed by atoms with Gasteiger partial charge in [-0.05, 0) is 43.2 Å². The number of methoxy groups -OCH3 is 2. The van der Waals surface area contributed by atoms with Gasteiger partial charge in [-0.2, -0.15) is 0 Å². The summed E-state index contributed by atoms with van der Waals surface area (Å²) in [5, 5.41) is 7.06. The van der Waals surface area contributed by atoms with Gasteiger partial charge in [-0.3, -0.25) is 4.79 Å². The van der Waals surface area contributed by atoms with Gasteiger partial charge in [-0.25, -0.2) is 4.98 Å². The van der Waals surface area contributed by atoms with Crippen molar-refractivity contribution in [2.45, 2.75) is 25.8 Å². The van der Waals surface area contributed by atoms with Gasteiger partial charge in [0.25, 0.3) is 0 Å². The molecule has 1 amide bonds. The van der Waals surface area contributed by atoms with Crippen LogP contribution >= 0.6 is 11.3 Å². The summed E-state index contributed by atoms with van der Waals surface area (Å²) < 4.78 is 10.7. The average molecular weight is 436 g/mol. The Morgan fingerprint density at radius 3 is 2.77 bits per heavy atom. The predicted octanol–water partition coefficient (Wildman–Crippen LogP) is 4.60. The molecule has 31 heavy (non-hydrogen) atoms. The van der Waals surface area contributed by atoms with E-state index in [-0.39, 0.29) is 18.4 Å². The first-order chi connectivity index (χ1) is 15.1. The number of ether oxygens (including phenoxy) is 2. The fourth-order valence-electron chi connectivity index (χ4n) is 3.66. The molecule has 2 aromatic heterocycles. The lowest BCUT2D eigenvalue weighted by Crippen LogP contribution is -2.35. The third-order valence-corrected chi connectivity index (χ3v) is 6.07. The van der Waals surface area contributed by atoms with Gasteiger partial charge >= 0.3 is 0 Å². The number of hydrogen-bond donors (Lipinski definition) is 2. The number of H-pyrrole nitrogens is 1. The summed E-state index contributed by atoms with van der Waals surface area (Å²) in [5.74, 6) is 1.30. The highest BCUT2D eigenvalue weighted by atomic mass is 32.1. The molecule has 0 bridgehead atoms. The molecule has 2 N–H and O–H groups in total. The van der Waals surface area contributed by atoms with Crippen LogP contribution in [-0.2, 0) is 17.6 Å². The maximum Gasteiger partial charge on any atom is 0.226 e. The maximum atomic E-state index is 12.6. The first kappa shape index (κ1) is 20.9. The van der Waals surface area contributed by atoms with Gasteiger partial charge in [0.2, 0.25) is 5.91 Å². The van der Waals surface area contributed by atoms with E-state index in [1.165, 1.54) is 22.3 Å². The molecule has 6 nitrogen and oxygen atoms in total. The van der Waals surface area contributed by atoms with Gasteiger partial charge in [0.1, 0.15) is 5.01 Å². The molecule has 4 rings (SSSR count). The lowest BCUT2D eigenvalue weighted by molar-refractivity contribution is -0.121. The summed E-state index contributed by atoms with van der Waals surface area (Å²) in [6.07, 6.45) is 3.04. The molecule has 0 unspecified atom stereocenters. The number of hydrogen-bond acceptors (Lipinski definition) is 5. The minimum Gasteiger partial charge on any atom is -0.493 e. The number of para-hydroxylation sites is 1. The van der Waals surface area contributed by atoms with Crippen LogP contribution in [0.1, 0.15) is 18.2 Å². The van der Waals surface area contributed by atoms with Gasteiger partial charge in [0, 0.05) is 34.1 Å². The first-order valence-electron chi connectivity index (χ1n) is 10.1. The molecule has 2 heterocycles. The van der Waals surface area contributed by atoms with E-state index in [2.05, 4.69) is 27.4 Å². The number of carbonyl (C=O) groups excluding carboxylic acids is 1. The van der Waals surface area contributed by atoms with Gasteiger partial charge in [0.15, 0.2) is 11.5 Å². The van der Waals surface area contributed by atoms with Crippen molar-refractivity contribution in [3.05, 3.63) is 65.3 Å². The van der Waals surface area contributed by atoms with Gasteiger partial charge in [-0.15, -0.1) is 11.3 Å². The zero-order valence-corrected chi connectivity index (χ0v) is 18.6. The second-order valence-corrected chi connectivity index (χ2v) is 8.28. The molecule has 0 aliphatic rings. The Morgan fingerprint density at radius 2 is 1.97 bits per heavy atom. The van der Waals surface area contributed by atoms with E-state index in [4.69, 9.17) is 9.47 Å². The van der Waals surface area contributed by atoms with Crippen molar-refractivity contribution >= 4 is 28.1 Å². The Labute approximate surface area is 185 Å². The van der Waals surface area contributed by atoms with E-state index < -0.39 is 0 Å². The third-order valence-electron chi connectivity index (χ3n) is 5.13. The summed E-state index contributed by atoms with van der Waals surface area (Å²) >= 11 is 1.51. The molecule has 0 saturated carbocycles. The summed E-state index contributed by atoms with van der Waals surface area (Å²) in [7, 11) is 3.22. The molecular formula is C24H25N3O3S. The fourth-order valence-corrected chi connectivity index (χ4v) is 4.48. The Kier molecular flexibility index (Phi) is 6.23. The number of aromatic amines is 1. The normalized spacial score (nSPS) is 12.0. The number of aromatic nitrogens is 2. The van der Waals surface area contributed by atoms with E-state index in [1.54, 1.807) is 14.2 Å². The molecule has 0 aliphatic carbocycles. The molecular weight excluding hydrogens is 410 g/mol. The smallest absolute Gasteiger partial charge is 0.226 e. The zero-order chi connectivity index (χ0) is 21.8. The van der Waals surface area contributed by atoms with Crippen molar-refractivity contribution in [2.24, 2.45) is 0 Å². The number of nitrogens with one attached hydrogen (secondary N) is 2. The molecule has 160 valence electrons. The SMILES string of the molecule is COc1ccc(-c2nc(CC(=O)N[C@@H](C)Cc3c[nH]c4ccccc34)cs2)cc1OC. The third kappa shape index (κ3) is 4.72. The molecule has 1 atom stereocenters. The molecule has 2 aromatic carbocycles. The Balaban J connectivity index is 1.37. The summed E-state index contributed by atoms with van der Waals surface area (Å²) in [4.78, 5) is 20.5. The minimum atomic E-state index is -0.0310. The number of thiazole rings is 1. The van der Waals surface area contributed by atoms with Crippen LogP contribution in [0.3, 0.4) is 0 Å². The maximum absolute atomic E-state index is 12.6. The van der Waals surface area contributed by atoms with Crippen molar-refractivity contribution in [2.75, 3.05) is 14.2 Å². The second kappa shape index (κ2) is 9.22. The van der Waals surface area contributed by atoms with Gasteiger partial charge < -0.3 is 19.8 Å². The van der Waals surface area contributed by atoms with Crippen LogP contribution in [-0.4, -0.2) is 36.1 Å². The average Bonchev–Trinajstić information content (AvgIpc) is 3.40. The van der Waals surface area contributed by atoms with Crippen LogP contribution in [0, 0.1) is 0 Å². The van der Waals surface area contributed by atoms with Gasteiger partial charge in [-0.1, -0.05) is 18.2 Å². The standard InChI is InChI=1S/C24H25N3O3S/c1-15(10-17-13-25-20-7-5-4-6-19(17)20)26-23(28)12-18-14-31-24(27-18)16-8-9-21(29-2)22(11-16)30-3/h4-9,11,13-15,25H,10,12H2,1-3H3,(H,26,28)/t15-/m0/s1. The van der Waals surface area contributed by atoms with E-state index in [9.17, 15) is 4.79 Å². The minimum absolute atomic E-state index is 0.0238. The molecule has 0 radical (unpaired) electrons. The topological polar surface area (TPSA) is 76.2 Å². The highest BCUT2D eigenvalue weighted by Crippen LogP contribution is 2.33. The van der Waals surface area contributed by atoms with Crippen molar-refractivity contribution < 1.29 is 14.3 Å². The predicted molar refractivity (Wildman–Crippen MR) is 124 cm³/mol. The summed E-state index contributed by atoms with van der Waals surface area (Å²) in [6.45, 7) is 2.02. The molecule has 0 saturated heterocycles. The van der Waals surface area contributed by atoms with E-state index in [1.807, 2.05) is 48.8 Å². The fraction of sp³-hybridized carbons (Fsp3) is 0.250. The molecule has 4 aromatic rings. The largest absolute Gasteiger partial charge is 0.493 e. The number of benzene rings is 2. The van der Waals surface area contributed by atoms with Crippen LogP contribution in [0.5, 0.6) is 11.5 Å². The highest BCUT2D eigenvalue weighted by molar-refractivity contribution is 7.13. The van der Waals surface area contributed by atoms with Crippen molar-refractivity contribution in [1.29, 1.82) is 0 Å². The lowest BCUT2D eigenvalue weighted by Gasteiger charge is -2.13. The number of amides is 1. The number of nitrogens with zero attached hydrogens (tertiary/aromatic N) is 1. The Hall–Kier alpha value is -3.32. The van der Waals surface area contributed by atoms with E-state index in [0.717, 1.165) is 28.2 Å². The van der Waals surface area contributed by atoms with Crippen molar-refractivity contribution in [3.63, 3.8) is 0 Å². The number of carbonyl (C=O) groups is 1. The lowest BCUT2D eigenvalue weighted by atomic mass is 10.1. The van der Waals surface area contributed by atoms with Crippen LogP contribution in [0.2, 0.25) is 0 Å². The molecule has 0 aliphatic heterocycles. The number of rotatable bonds is 8. The summed E-state index contributed by atoms with van der Waals surface area (Å²) in [5.41, 5.74) is 4.00. The van der Waals surface area contributed by atoms with Crippen molar-refractivity contribution in [1.82, 2.24) is 15.3 Å².